The lowest BCUT2D eigenvalue weighted by Crippen LogP contribution is -1.83. The van der Waals surface area contributed by atoms with Gasteiger partial charge in [0.25, 0.3) is 0 Å². The summed E-state index contributed by atoms with van der Waals surface area (Å²) in [5.41, 5.74) is 2.36. The number of pyridine rings is 1. The Labute approximate surface area is 91.5 Å². The summed E-state index contributed by atoms with van der Waals surface area (Å²) in [6.07, 6.45) is 5.58. The van der Waals surface area contributed by atoms with Crippen molar-refractivity contribution in [2.45, 2.75) is 20.8 Å². The first-order valence-corrected chi connectivity index (χ1v) is 5.28. The van der Waals surface area contributed by atoms with Crippen molar-refractivity contribution in [3.05, 3.63) is 48.3 Å². The molecular formula is C14H17N. The van der Waals surface area contributed by atoms with E-state index in [1.165, 1.54) is 16.3 Å². The van der Waals surface area contributed by atoms with Crippen molar-refractivity contribution in [3.8, 4) is 0 Å². The molecule has 0 saturated heterocycles. The molecule has 0 N–H and O–H groups in total. The van der Waals surface area contributed by atoms with Crippen LogP contribution in [0.5, 0.6) is 0 Å². The minimum absolute atomic E-state index is 1.10. The maximum Gasteiger partial charge on any atom is 0.0349 e. The van der Waals surface area contributed by atoms with E-state index in [1.807, 2.05) is 32.3 Å². The van der Waals surface area contributed by atoms with E-state index in [-0.39, 0.29) is 0 Å². The summed E-state index contributed by atoms with van der Waals surface area (Å²) in [6, 6.07) is 6.25. The lowest BCUT2D eigenvalue weighted by atomic mass is 10.0. The number of hydrogen-bond acceptors (Lipinski definition) is 1. The first-order valence-electron chi connectivity index (χ1n) is 5.28. The highest BCUT2D eigenvalue weighted by molar-refractivity contribution is 5.91. The van der Waals surface area contributed by atoms with Crippen LogP contribution in [0.15, 0.2) is 37.2 Å². The molecule has 1 heteroatoms. The topological polar surface area (TPSA) is 12.9 Å². The Morgan fingerprint density at radius 2 is 1.87 bits per heavy atom. The summed E-state index contributed by atoms with van der Waals surface area (Å²) >= 11 is 0. The van der Waals surface area contributed by atoms with E-state index in [0.29, 0.717) is 0 Å². The quantitative estimate of drug-likeness (QED) is 0.670. The molecule has 2 rings (SSSR count). The van der Waals surface area contributed by atoms with Crippen LogP contribution in [0.4, 0.5) is 0 Å². The van der Waals surface area contributed by atoms with Crippen molar-refractivity contribution < 1.29 is 0 Å². The number of nitrogens with zero attached hydrogens (tertiary/aromatic N) is 1. The molecule has 0 spiro atoms. The highest BCUT2D eigenvalue weighted by Crippen LogP contribution is 2.20. The minimum atomic E-state index is 1.10. The molecule has 1 nitrogen and oxygen atoms in total. The summed E-state index contributed by atoms with van der Waals surface area (Å²) in [4.78, 5) is 4.17. The van der Waals surface area contributed by atoms with Gasteiger partial charge in [0, 0.05) is 23.3 Å². The summed E-state index contributed by atoms with van der Waals surface area (Å²) in [6.45, 7) is 9.86. The molecule has 78 valence electrons. The van der Waals surface area contributed by atoms with E-state index < -0.39 is 0 Å². The summed E-state index contributed by atoms with van der Waals surface area (Å²) in [5, 5.41) is 2.44. The van der Waals surface area contributed by atoms with Gasteiger partial charge in [-0.2, -0.15) is 0 Å². The highest BCUT2D eigenvalue weighted by atomic mass is 14.6. The van der Waals surface area contributed by atoms with Crippen molar-refractivity contribution in [2.24, 2.45) is 0 Å². The van der Waals surface area contributed by atoms with Gasteiger partial charge in [-0.15, -0.1) is 0 Å². The van der Waals surface area contributed by atoms with E-state index in [1.54, 1.807) is 0 Å². The fourth-order valence-electron chi connectivity index (χ4n) is 1.53. The van der Waals surface area contributed by atoms with Crippen LogP contribution < -0.4 is 0 Å². The van der Waals surface area contributed by atoms with Gasteiger partial charge in [-0.1, -0.05) is 44.7 Å². The van der Waals surface area contributed by atoms with Gasteiger partial charge in [0.15, 0.2) is 0 Å². The van der Waals surface area contributed by atoms with Crippen molar-refractivity contribution in [3.63, 3.8) is 0 Å². The number of hydrogen-bond donors (Lipinski definition) is 0. The molecule has 0 aliphatic carbocycles. The van der Waals surface area contributed by atoms with Crippen molar-refractivity contribution in [2.75, 3.05) is 0 Å². The zero-order valence-corrected chi connectivity index (χ0v) is 9.62. The maximum absolute atomic E-state index is 4.17. The number of aryl methyl sites for hydroxylation is 1. The Morgan fingerprint density at radius 1 is 1.13 bits per heavy atom. The first kappa shape index (κ1) is 11.4. The van der Waals surface area contributed by atoms with E-state index in [9.17, 15) is 0 Å². The number of benzene rings is 1. The van der Waals surface area contributed by atoms with Gasteiger partial charge in [0.1, 0.15) is 0 Å². The van der Waals surface area contributed by atoms with Gasteiger partial charge in [0.2, 0.25) is 0 Å². The summed E-state index contributed by atoms with van der Waals surface area (Å²) in [7, 11) is 0. The van der Waals surface area contributed by atoms with E-state index >= 15 is 0 Å². The van der Waals surface area contributed by atoms with E-state index in [0.717, 1.165) is 5.56 Å². The van der Waals surface area contributed by atoms with Gasteiger partial charge in [-0.25, -0.2) is 0 Å². The zero-order valence-electron chi connectivity index (χ0n) is 9.62. The van der Waals surface area contributed by atoms with Crippen LogP contribution in [0, 0.1) is 6.92 Å². The Balaban J connectivity index is 0.000000531. The Morgan fingerprint density at radius 3 is 2.53 bits per heavy atom. The Bertz CT molecular complexity index is 458. The SMILES string of the molecule is C=Cc1cncc2c(C)cccc12.CC. The fourth-order valence-corrected chi connectivity index (χ4v) is 1.53. The van der Waals surface area contributed by atoms with Crippen LogP contribution in [-0.4, -0.2) is 4.98 Å². The second-order valence-corrected chi connectivity index (χ2v) is 3.10. The lowest BCUT2D eigenvalue weighted by molar-refractivity contribution is 1.34. The third-order valence-electron chi connectivity index (χ3n) is 2.27. The predicted molar refractivity (Wildman–Crippen MR) is 67.9 cm³/mol. The summed E-state index contributed by atoms with van der Waals surface area (Å²) < 4.78 is 0. The second-order valence-electron chi connectivity index (χ2n) is 3.10. The largest absolute Gasteiger partial charge is 0.263 e. The Hall–Kier alpha value is -1.63. The molecule has 0 radical (unpaired) electrons. The number of fused-ring (bicyclic) bond motifs is 1. The van der Waals surface area contributed by atoms with E-state index in [4.69, 9.17) is 0 Å². The van der Waals surface area contributed by atoms with Gasteiger partial charge >= 0.3 is 0 Å². The Kier molecular flexibility index (Phi) is 4.04. The third kappa shape index (κ3) is 2.24. The maximum atomic E-state index is 4.17. The molecule has 0 aliphatic heterocycles. The highest BCUT2D eigenvalue weighted by Gasteiger charge is 1.99. The average Bonchev–Trinajstić information content (AvgIpc) is 2.32. The zero-order chi connectivity index (χ0) is 11.3. The van der Waals surface area contributed by atoms with Crippen molar-refractivity contribution in [1.82, 2.24) is 4.98 Å². The van der Waals surface area contributed by atoms with Crippen LogP contribution in [0.1, 0.15) is 25.0 Å². The van der Waals surface area contributed by atoms with Gasteiger partial charge < -0.3 is 0 Å². The molecular weight excluding hydrogens is 182 g/mol. The first-order chi connectivity index (χ1) is 7.33. The third-order valence-corrected chi connectivity index (χ3v) is 2.27. The second kappa shape index (κ2) is 5.30. The van der Waals surface area contributed by atoms with Crippen LogP contribution in [0.3, 0.4) is 0 Å². The molecule has 1 aromatic heterocycles. The molecule has 0 amide bonds. The van der Waals surface area contributed by atoms with Gasteiger partial charge in [0.05, 0.1) is 0 Å². The van der Waals surface area contributed by atoms with Crippen LogP contribution in [0.25, 0.3) is 16.8 Å². The molecule has 15 heavy (non-hydrogen) atoms. The molecule has 0 fully saturated rings. The summed E-state index contributed by atoms with van der Waals surface area (Å²) in [5.74, 6) is 0. The molecule has 1 heterocycles. The molecule has 0 atom stereocenters. The predicted octanol–water partition coefficient (Wildman–Crippen LogP) is 4.21. The average molecular weight is 199 g/mol. The monoisotopic (exact) mass is 199 g/mol. The van der Waals surface area contributed by atoms with Crippen LogP contribution in [0.2, 0.25) is 0 Å². The van der Waals surface area contributed by atoms with Crippen LogP contribution >= 0.6 is 0 Å². The van der Waals surface area contributed by atoms with Gasteiger partial charge in [-0.3, -0.25) is 4.98 Å². The standard InChI is InChI=1S/C12H11N.C2H6/c1-3-10-7-13-8-12-9(2)5-4-6-11(10)12;1-2/h3-8H,1H2,2H3;1-2H3. The van der Waals surface area contributed by atoms with Gasteiger partial charge in [-0.05, 0) is 17.9 Å². The molecule has 2 aromatic rings. The molecule has 1 aromatic carbocycles. The fraction of sp³-hybridized carbons (Fsp3) is 0.214. The molecule has 0 bridgehead atoms. The molecule has 0 aliphatic rings. The molecule has 0 unspecified atom stereocenters. The lowest BCUT2D eigenvalue weighted by Gasteiger charge is -2.03. The number of rotatable bonds is 1. The molecule has 0 saturated carbocycles. The normalized spacial score (nSPS) is 9.27. The van der Waals surface area contributed by atoms with Crippen molar-refractivity contribution in [1.29, 1.82) is 0 Å². The minimum Gasteiger partial charge on any atom is -0.263 e. The van der Waals surface area contributed by atoms with Crippen LogP contribution in [-0.2, 0) is 0 Å². The smallest absolute Gasteiger partial charge is 0.0349 e. The van der Waals surface area contributed by atoms with E-state index in [2.05, 4.69) is 36.7 Å². The number of aromatic nitrogens is 1. The van der Waals surface area contributed by atoms with Crippen molar-refractivity contribution >= 4 is 16.8 Å².